The van der Waals surface area contributed by atoms with E-state index in [-0.39, 0.29) is 0 Å². The van der Waals surface area contributed by atoms with Crippen molar-refractivity contribution in [1.82, 2.24) is 5.32 Å². The van der Waals surface area contributed by atoms with E-state index in [1.165, 1.54) is 14.7 Å². The van der Waals surface area contributed by atoms with E-state index in [1.54, 1.807) is 0 Å². The van der Waals surface area contributed by atoms with Gasteiger partial charge in [-0.3, -0.25) is 0 Å². The van der Waals surface area contributed by atoms with E-state index in [0.29, 0.717) is 6.04 Å². The molecule has 2 aromatic carbocycles. The molecule has 0 spiro atoms. The molecule has 2 heteroatoms. The average Bonchev–Trinajstić information content (AvgIpc) is 2.38. The first kappa shape index (κ1) is 12.6. The monoisotopic (exact) mass is 337 g/mol. The van der Waals surface area contributed by atoms with Gasteiger partial charge in [0, 0.05) is 16.2 Å². The molecule has 1 nitrogen and oxygen atoms in total. The van der Waals surface area contributed by atoms with Crippen molar-refractivity contribution in [2.45, 2.75) is 19.5 Å². The van der Waals surface area contributed by atoms with Crippen LogP contribution in [0, 0.1) is 3.57 Å². The van der Waals surface area contributed by atoms with Crippen LogP contribution in [-0.4, -0.2) is 0 Å². The first-order chi connectivity index (χ1) is 8.25. The van der Waals surface area contributed by atoms with E-state index in [2.05, 4.69) is 83.4 Å². The molecule has 0 aliphatic carbocycles. The molecule has 0 aliphatic heterocycles. The summed E-state index contributed by atoms with van der Waals surface area (Å²) in [6.45, 7) is 3.11. The topological polar surface area (TPSA) is 12.0 Å². The van der Waals surface area contributed by atoms with Gasteiger partial charge in [-0.25, -0.2) is 0 Å². The minimum absolute atomic E-state index is 0.382. The van der Waals surface area contributed by atoms with Gasteiger partial charge in [-0.15, -0.1) is 0 Å². The Labute approximate surface area is 116 Å². The fraction of sp³-hybridized carbons (Fsp3) is 0.200. The van der Waals surface area contributed by atoms with Crippen LogP contribution in [0.2, 0.25) is 0 Å². The molecule has 0 fully saturated rings. The highest BCUT2D eigenvalue weighted by atomic mass is 127. The number of halogens is 1. The van der Waals surface area contributed by atoms with Crippen molar-refractivity contribution in [3.63, 3.8) is 0 Å². The van der Waals surface area contributed by atoms with Crippen molar-refractivity contribution in [2.75, 3.05) is 0 Å². The molecule has 0 saturated carbocycles. The summed E-state index contributed by atoms with van der Waals surface area (Å²) >= 11 is 2.33. The van der Waals surface area contributed by atoms with Crippen LogP contribution in [-0.2, 0) is 6.54 Å². The van der Waals surface area contributed by atoms with Gasteiger partial charge in [-0.1, -0.05) is 42.5 Å². The zero-order valence-corrected chi connectivity index (χ0v) is 12.0. The Bertz CT molecular complexity index is 450. The number of nitrogens with one attached hydrogen (secondary N) is 1. The second kappa shape index (κ2) is 6.17. The quantitative estimate of drug-likeness (QED) is 0.827. The van der Waals surface area contributed by atoms with E-state index < -0.39 is 0 Å². The fourth-order valence-electron chi connectivity index (χ4n) is 1.74. The summed E-state index contributed by atoms with van der Waals surface area (Å²) in [4.78, 5) is 0. The van der Waals surface area contributed by atoms with Crippen LogP contribution in [0.15, 0.2) is 54.6 Å². The largest absolute Gasteiger partial charge is 0.306 e. The first-order valence-corrected chi connectivity index (χ1v) is 6.86. The molecule has 0 bridgehead atoms. The molecule has 1 unspecified atom stereocenters. The summed E-state index contributed by atoms with van der Waals surface area (Å²) in [6.07, 6.45) is 0. The van der Waals surface area contributed by atoms with Crippen LogP contribution in [0.5, 0.6) is 0 Å². The maximum atomic E-state index is 3.53. The SMILES string of the molecule is CC(NCc1ccccc1)c1ccc(I)cc1. The molecule has 88 valence electrons. The third-order valence-corrected chi connectivity index (χ3v) is 3.54. The fourth-order valence-corrected chi connectivity index (χ4v) is 2.10. The highest BCUT2D eigenvalue weighted by Gasteiger charge is 2.03. The molecular formula is C15H16IN. The molecule has 17 heavy (non-hydrogen) atoms. The average molecular weight is 337 g/mol. The maximum absolute atomic E-state index is 3.53. The summed E-state index contributed by atoms with van der Waals surface area (Å²) in [5.74, 6) is 0. The molecule has 1 atom stereocenters. The van der Waals surface area contributed by atoms with Gasteiger partial charge in [0.15, 0.2) is 0 Å². The van der Waals surface area contributed by atoms with Crippen molar-refractivity contribution >= 4 is 22.6 Å². The summed E-state index contributed by atoms with van der Waals surface area (Å²) in [6, 6.07) is 19.5. The van der Waals surface area contributed by atoms with Gasteiger partial charge in [0.1, 0.15) is 0 Å². The highest BCUT2D eigenvalue weighted by molar-refractivity contribution is 14.1. The van der Waals surface area contributed by atoms with Gasteiger partial charge in [0.2, 0.25) is 0 Å². The highest BCUT2D eigenvalue weighted by Crippen LogP contribution is 2.15. The zero-order valence-electron chi connectivity index (χ0n) is 9.86. The van der Waals surface area contributed by atoms with Crippen molar-refractivity contribution in [3.8, 4) is 0 Å². The molecule has 2 rings (SSSR count). The molecule has 0 heterocycles. The maximum Gasteiger partial charge on any atom is 0.0294 e. The molecule has 0 aliphatic rings. The van der Waals surface area contributed by atoms with Crippen LogP contribution in [0.3, 0.4) is 0 Å². The molecule has 0 aromatic heterocycles. The van der Waals surface area contributed by atoms with Crippen molar-refractivity contribution in [2.24, 2.45) is 0 Å². The smallest absolute Gasteiger partial charge is 0.0294 e. The minimum atomic E-state index is 0.382. The molecule has 2 aromatic rings. The van der Waals surface area contributed by atoms with E-state index in [4.69, 9.17) is 0 Å². The normalized spacial score (nSPS) is 12.4. The third-order valence-electron chi connectivity index (χ3n) is 2.83. The Morgan fingerprint density at radius 2 is 1.65 bits per heavy atom. The predicted octanol–water partition coefficient (Wildman–Crippen LogP) is 4.14. The van der Waals surface area contributed by atoms with E-state index in [0.717, 1.165) is 6.54 Å². The predicted molar refractivity (Wildman–Crippen MR) is 80.9 cm³/mol. The number of benzene rings is 2. The van der Waals surface area contributed by atoms with Gasteiger partial charge in [-0.05, 0) is 52.8 Å². The number of hydrogen-bond donors (Lipinski definition) is 1. The third kappa shape index (κ3) is 3.82. The Kier molecular flexibility index (Phi) is 4.57. The molecule has 0 amide bonds. The number of hydrogen-bond acceptors (Lipinski definition) is 1. The number of rotatable bonds is 4. The van der Waals surface area contributed by atoms with Crippen molar-refractivity contribution in [3.05, 3.63) is 69.3 Å². The van der Waals surface area contributed by atoms with Crippen LogP contribution < -0.4 is 5.32 Å². The molecular weight excluding hydrogens is 321 g/mol. The Balaban J connectivity index is 1.93. The lowest BCUT2D eigenvalue weighted by molar-refractivity contribution is 0.574. The summed E-state index contributed by atoms with van der Waals surface area (Å²) in [7, 11) is 0. The molecule has 0 saturated heterocycles. The van der Waals surface area contributed by atoms with Gasteiger partial charge < -0.3 is 5.32 Å². The van der Waals surface area contributed by atoms with E-state index >= 15 is 0 Å². The van der Waals surface area contributed by atoms with Crippen LogP contribution in [0.25, 0.3) is 0 Å². The van der Waals surface area contributed by atoms with Gasteiger partial charge in [-0.2, -0.15) is 0 Å². The Morgan fingerprint density at radius 3 is 2.29 bits per heavy atom. The summed E-state index contributed by atoms with van der Waals surface area (Å²) in [5, 5.41) is 3.53. The van der Waals surface area contributed by atoms with Crippen LogP contribution in [0.1, 0.15) is 24.1 Å². The van der Waals surface area contributed by atoms with Crippen molar-refractivity contribution in [1.29, 1.82) is 0 Å². The first-order valence-electron chi connectivity index (χ1n) is 5.78. The lowest BCUT2D eigenvalue weighted by atomic mass is 10.1. The van der Waals surface area contributed by atoms with E-state index in [9.17, 15) is 0 Å². The second-order valence-corrected chi connectivity index (χ2v) is 5.39. The van der Waals surface area contributed by atoms with Gasteiger partial charge in [0.25, 0.3) is 0 Å². The standard InChI is InChI=1S/C15H16IN/c1-12(14-7-9-15(16)10-8-14)17-11-13-5-3-2-4-6-13/h2-10,12,17H,11H2,1H3. The summed E-state index contributed by atoms with van der Waals surface area (Å²) < 4.78 is 1.28. The summed E-state index contributed by atoms with van der Waals surface area (Å²) in [5.41, 5.74) is 2.66. The molecule has 0 radical (unpaired) electrons. The van der Waals surface area contributed by atoms with Crippen molar-refractivity contribution < 1.29 is 0 Å². The lowest BCUT2D eigenvalue weighted by Gasteiger charge is -2.14. The van der Waals surface area contributed by atoms with Gasteiger partial charge in [0.05, 0.1) is 0 Å². The van der Waals surface area contributed by atoms with Gasteiger partial charge >= 0.3 is 0 Å². The van der Waals surface area contributed by atoms with Crippen LogP contribution >= 0.6 is 22.6 Å². The lowest BCUT2D eigenvalue weighted by Crippen LogP contribution is -2.17. The zero-order chi connectivity index (χ0) is 12.1. The Morgan fingerprint density at radius 1 is 1.00 bits per heavy atom. The minimum Gasteiger partial charge on any atom is -0.306 e. The van der Waals surface area contributed by atoms with E-state index in [1.807, 2.05) is 6.07 Å². The molecule has 1 N–H and O–H groups in total. The second-order valence-electron chi connectivity index (χ2n) is 4.14. The van der Waals surface area contributed by atoms with Crippen LogP contribution in [0.4, 0.5) is 0 Å². The Hall–Kier alpha value is -0.870.